The largest absolute Gasteiger partial charge is 0.310 e. The van der Waals surface area contributed by atoms with Crippen molar-refractivity contribution >= 4 is 23.5 Å². The Morgan fingerprint density at radius 3 is 2.67 bits per heavy atom. The van der Waals surface area contributed by atoms with Gasteiger partial charge < -0.3 is 5.32 Å². The zero-order chi connectivity index (χ0) is 16.8. The predicted octanol–water partition coefficient (Wildman–Crippen LogP) is 2.97. The second-order valence-electron chi connectivity index (χ2n) is 5.05. The molecule has 1 amide bonds. The van der Waals surface area contributed by atoms with Crippen molar-refractivity contribution in [2.75, 3.05) is 11.1 Å². The average molecular weight is 337 g/mol. The van der Waals surface area contributed by atoms with Gasteiger partial charge in [0.2, 0.25) is 11.1 Å². The Morgan fingerprint density at radius 1 is 1.12 bits per heavy atom. The number of pyridine rings is 1. The van der Waals surface area contributed by atoms with Gasteiger partial charge in [0.15, 0.2) is 0 Å². The van der Waals surface area contributed by atoms with E-state index in [1.165, 1.54) is 11.8 Å². The molecule has 0 saturated heterocycles. The van der Waals surface area contributed by atoms with Crippen molar-refractivity contribution in [2.45, 2.75) is 12.1 Å². The molecular formula is C17H15N5OS. The summed E-state index contributed by atoms with van der Waals surface area (Å²) in [5.41, 5.74) is 2.70. The summed E-state index contributed by atoms with van der Waals surface area (Å²) in [6, 6.07) is 13.4. The van der Waals surface area contributed by atoms with Gasteiger partial charge in [-0.2, -0.15) is 0 Å². The van der Waals surface area contributed by atoms with Crippen LogP contribution in [0.5, 0.6) is 0 Å². The Balaban J connectivity index is 1.56. The summed E-state index contributed by atoms with van der Waals surface area (Å²) in [6.07, 6.45) is 3.32. The molecule has 0 aliphatic rings. The third kappa shape index (κ3) is 4.36. The van der Waals surface area contributed by atoms with Crippen LogP contribution in [0.4, 0.5) is 5.82 Å². The number of thioether (sulfide) groups is 1. The maximum Gasteiger partial charge on any atom is 0.236 e. The zero-order valence-electron chi connectivity index (χ0n) is 13.0. The van der Waals surface area contributed by atoms with Gasteiger partial charge in [-0.15, -0.1) is 10.2 Å². The van der Waals surface area contributed by atoms with E-state index in [1.807, 2.05) is 49.4 Å². The molecule has 7 heteroatoms. The number of hydrogen-bond acceptors (Lipinski definition) is 6. The maximum absolute atomic E-state index is 11.9. The first-order chi connectivity index (χ1) is 11.7. The van der Waals surface area contributed by atoms with Crippen LogP contribution in [0.25, 0.3) is 11.3 Å². The molecule has 120 valence electrons. The Kier molecular flexibility index (Phi) is 5.12. The van der Waals surface area contributed by atoms with Crippen LogP contribution in [-0.4, -0.2) is 31.8 Å². The number of nitrogens with zero attached hydrogens (tertiary/aromatic N) is 4. The molecule has 0 radical (unpaired) electrons. The molecule has 0 spiro atoms. The highest BCUT2D eigenvalue weighted by Crippen LogP contribution is 2.17. The van der Waals surface area contributed by atoms with Crippen LogP contribution < -0.4 is 5.32 Å². The minimum atomic E-state index is -0.158. The fourth-order valence-corrected chi connectivity index (χ4v) is 2.54. The van der Waals surface area contributed by atoms with Gasteiger partial charge >= 0.3 is 0 Å². The van der Waals surface area contributed by atoms with Crippen LogP contribution >= 0.6 is 11.8 Å². The highest BCUT2D eigenvalue weighted by Gasteiger charge is 2.07. The smallest absolute Gasteiger partial charge is 0.236 e. The van der Waals surface area contributed by atoms with Crippen LogP contribution in [0, 0.1) is 6.92 Å². The fraction of sp³-hybridized carbons (Fsp3) is 0.118. The van der Waals surface area contributed by atoms with Crippen LogP contribution in [0.15, 0.2) is 60.0 Å². The Labute approximate surface area is 143 Å². The lowest BCUT2D eigenvalue weighted by Crippen LogP contribution is -2.15. The molecule has 0 fully saturated rings. The quantitative estimate of drug-likeness (QED) is 0.721. The third-order valence-corrected chi connectivity index (χ3v) is 3.98. The second-order valence-corrected chi connectivity index (χ2v) is 5.99. The van der Waals surface area contributed by atoms with Crippen molar-refractivity contribution in [2.24, 2.45) is 0 Å². The molecule has 6 nitrogen and oxygen atoms in total. The van der Waals surface area contributed by atoms with Gasteiger partial charge in [0.1, 0.15) is 11.5 Å². The number of benzene rings is 1. The molecule has 0 saturated carbocycles. The van der Waals surface area contributed by atoms with Crippen LogP contribution in [0.3, 0.4) is 0 Å². The lowest BCUT2D eigenvalue weighted by atomic mass is 10.2. The van der Waals surface area contributed by atoms with Crippen molar-refractivity contribution < 1.29 is 4.79 Å². The van der Waals surface area contributed by atoms with Gasteiger partial charge in [0.05, 0.1) is 11.9 Å². The van der Waals surface area contributed by atoms with E-state index in [1.54, 1.807) is 12.4 Å². The molecule has 0 bridgehead atoms. The molecule has 1 aromatic carbocycles. The molecule has 2 aromatic heterocycles. The summed E-state index contributed by atoms with van der Waals surface area (Å²) in [4.78, 5) is 20.3. The Bertz CT molecular complexity index is 824. The molecule has 3 aromatic rings. The molecule has 0 atom stereocenters. The fourth-order valence-electron chi connectivity index (χ4n) is 1.99. The van der Waals surface area contributed by atoms with Gasteiger partial charge in [-0.25, -0.2) is 9.97 Å². The summed E-state index contributed by atoms with van der Waals surface area (Å²) in [5, 5.41) is 11.4. The van der Waals surface area contributed by atoms with Crippen LogP contribution in [0.1, 0.15) is 5.56 Å². The number of aryl methyl sites for hydroxylation is 1. The van der Waals surface area contributed by atoms with Crippen molar-refractivity contribution in [3.8, 4) is 11.3 Å². The number of rotatable bonds is 5. The van der Waals surface area contributed by atoms with Crippen molar-refractivity contribution in [1.29, 1.82) is 0 Å². The van der Waals surface area contributed by atoms with E-state index < -0.39 is 0 Å². The summed E-state index contributed by atoms with van der Waals surface area (Å²) in [6.45, 7) is 1.94. The van der Waals surface area contributed by atoms with Gasteiger partial charge in [0, 0.05) is 11.8 Å². The van der Waals surface area contributed by atoms with E-state index in [-0.39, 0.29) is 11.7 Å². The monoisotopic (exact) mass is 337 g/mol. The van der Waals surface area contributed by atoms with E-state index >= 15 is 0 Å². The number of hydrogen-bond donors (Lipinski definition) is 1. The highest BCUT2D eigenvalue weighted by molar-refractivity contribution is 7.99. The number of nitrogens with one attached hydrogen (secondary N) is 1. The summed E-state index contributed by atoms with van der Waals surface area (Å²) in [7, 11) is 0. The van der Waals surface area contributed by atoms with Crippen molar-refractivity contribution in [3.05, 3.63) is 60.4 Å². The Hall–Kier alpha value is -2.80. The lowest BCUT2D eigenvalue weighted by Gasteiger charge is -2.04. The van der Waals surface area contributed by atoms with Crippen molar-refractivity contribution in [1.82, 2.24) is 20.2 Å². The topological polar surface area (TPSA) is 80.7 Å². The predicted molar refractivity (Wildman–Crippen MR) is 93.6 cm³/mol. The van der Waals surface area contributed by atoms with E-state index in [0.29, 0.717) is 16.7 Å². The third-order valence-electron chi connectivity index (χ3n) is 3.13. The number of anilines is 1. The zero-order valence-corrected chi connectivity index (χ0v) is 13.8. The normalized spacial score (nSPS) is 10.4. The molecule has 0 aliphatic carbocycles. The summed E-state index contributed by atoms with van der Waals surface area (Å²) in [5.74, 6) is 0.579. The van der Waals surface area contributed by atoms with Gasteiger partial charge in [-0.1, -0.05) is 42.1 Å². The molecule has 1 N–H and O–H groups in total. The standard InChI is InChI=1S/C17H15N5OS/c1-12-7-8-18-15(9-12)20-16(23)11-24-17-19-10-14(21-22-17)13-5-3-2-4-6-13/h2-10H,11H2,1H3,(H,18,20,23). The number of aromatic nitrogens is 4. The minimum absolute atomic E-state index is 0.158. The van der Waals surface area contributed by atoms with E-state index in [0.717, 1.165) is 11.1 Å². The lowest BCUT2D eigenvalue weighted by molar-refractivity contribution is -0.113. The summed E-state index contributed by atoms with van der Waals surface area (Å²) < 4.78 is 0. The van der Waals surface area contributed by atoms with Gasteiger partial charge in [-0.3, -0.25) is 4.79 Å². The molecule has 0 unspecified atom stereocenters. The molecule has 3 rings (SSSR count). The Morgan fingerprint density at radius 2 is 1.96 bits per heavy atom. The first kappa shape index (κ1) is 16.1. The molecule has 2 heterocycles. The SMILES string of the molecule is Cc1ccnc(NC(=O)CSc2ncc(-c3ccccc3)nn2)c1. The second kappa shape index (κ2) is 7.65. The van der Waals surface area contributed by atoms with E-state index in [4.69, 9.17) is 0 Å². The van der Waals surface area contributed by atoms with Gasteiger partial charge in [-0.05, 0) is 24.6 Å². The van der Waals surface area contributed by atoms with Crippen LogP contribution in [-0.2, 0) is 4.79 Å². The highest BCUT2D eigenvalue weighted by atomic mass is 32.2. The van der Waals surface area contributed by atoms with Crippen LogP contribution in [0.2, 0.25) is 0 Å². The minimum Gasteiger partial charge on any atom is -0.310 e. The number of carbonyl (C=O) groups is 1. The van der Waals surface area contributed by atoms with Crippen molar-refractivity contribution in [3.63, 3.8) is 0 Å². The molecular weight excluding hydrogens is 322 g/mol. The first-order valence-electron chi connectivity index (χ1n) is 7.31. The summed E-state index contributed by atoms with van der Waals surface area (Å²) >= 11 is 1.23. The molecule has 24 heavy (non-hydrogen) atoms. The first-order valence-corrected chi connectivity index (χ1v) is 8.30. The number of carbonyl (C=O) groups excluding carboxylic acids is 1. The van der Waals surface area contributed by atoms with E-state index in [2.05, 4.69) is 25.5 Å². The number of amides is 1. The maximum atomic E-state index is 11.9. The average Bonchev–Trinajstić information content (AvgIpc) is 2.61. The van der Waals surface area contributed by atoms with E-state index in [9.17, 15) is 4.79 Å². The molecule has 0 aliphatic heterocycles. The van der Waals surface area contributed by atoms with Gasteiger partial charge in [0.25, 0.3) is 0 Å².